The fraction of sp³-hybridized carbons (Fsp3) is 0.167. The van der Waals surface area contributed by atoms with E-state index >= 15 is 0 Å². The normalized spacial score (nSPS) is 10.2. The maximum absolute atomic E-state index is 13.7. The van der Waals surface area contributed by atoms with Gasteiger partial charge >= 0.3 is 6.01 Å². The van der Waals surface area contributed by atoms with Crippen LogP contribution in [0.2, 0.25) is 0 Å². The first-order chi connectivity index (χ1) is 9.51. The molecule has 20 heavy (non-hydrogen) atoms. The first-order valence-electron chi connectivity index (χ1n) is 5.50. The van der Waals surface area contributed by atoms with Crippen molar-refractivity contribution in [3.63, 3.8) is 0 Å². The molecule has 1 aromatic heterocycles. The number of aryl methyl sites for hydroxylation is 1. The minimum absolute atomic E-state index is 0.114. The van der Waals surface area contributed by atoms with Crippen molar-refractivity contribution in [2.45, 2.75) is 6.92 Å². The van der Waals surface area contributed by atoms with Gasteiger partial charge in [-0.1, -0.05) is 0 Å². The van der Waals surface area contributed by atoms with Crippen LogP contribution >= 0.6 is 0 Å². The average Bonchev–Trinajstić information content (AvgIpc) is 2.42. The molecule has 0 saturated heterocycles. The molecule has 1 heterocycles. The van der Waals surface area contributed by atoms with Crippen molar-refractivity contribution in [1.29, 1.82) is 0 Å². The van der Waals surface area contributed by atoms with Crippen molar-refractivity contribution in [3.8, 4) is 17.6 Å². The van der Waals surface area contributed by atoms with E-state index in [1.807, 2.05) is 0 Å². The van der Waals surface area contributed by atoms with Crippen molar-refractivity contribution in [2.75, 3.05) is 7.11 Å². The van der Waals surface area contributed by atoms with Gasteiger partial charge in [-0.3, -0.25) is 10.1 Å². The average molecular weight is 279 g/mol. The second-order valence-electron chi connectivity index (χ2n) is 3.81. The van der Waals surface area contributed by atoms with Crippen LogP contribution in [0.5, 0.6) is 17.6 Å². The van der Waals surface area contributed by atoms with Gasteiger partial charge in [-0.15, -0.1) is 0 Å². The standard InChI is InChI=1S/C12H10FN3O4/c1-7-5-10(8(13)6-9(7)16(17)18)20-12-14-4-3-11(15-12)19-2/h3-6H,1-2H3. The summed E-state index contributed by atoms with van der Waals surface area (Å²) in [6.07, 6.45) is 1.39. The Labute approximate surface area is 113 Å². The highest BCUT2D eigenvalue weighted by atomic mass is 19.1. The summed E-state index contributed by atoms with van der Waals surface area (Å²) in [5.74, 6) is -0.802. The Balaban J connectivity index is 2.34. The van der Waals surface area contributed by atoms with Crippen LogP contribution in [-0.2, 0) is 0 Å². The molecule has 0 aliphatic heterocycles. The van der Waals surface area contributed by atoms with Crippen LogP contribution in [0.1, 0.15) is 5.56 Å². The Morgan fingerprint density at radius 2 is 2.15 bits per heavy atom. The van der Waals surface area contributed by atoms with Gasteiger partial charge in [0, 0.05) is 17.8 Å². The molecule has 0 saturated carbocycles. The van der Waals surface area contributed by atoms with Crippen LogP contribution in [-0.4, -0.2) is 22.0 Å². The fourth-order valence-electron chi connectivity index (χ4n) is 1.51. The van der Waals surface area contributed by atoms with Crippen LogP contribution in [0.3, 0.4) is 0 Å². The number of nitro groups is 1. The van der Waals surface area contributed by atoms with Crippen molar-refractivity contribution in [1.82, 2.24) is 9.97 Å². The zero-order valence-corrected chi connectivity index (χ0v) is 10.7. The van der Waals surface area contributed by atoms with Crippen LogP contribution < -0.4 is 9.47 Å². The van der Waals surface area contributed by atoms with Gasteiger partial charge in [-0.05, 0) is 13.0 Å². The van der Waals surface area contributed by atoms with Crippen LogP contribution in [0, 0.1) is 22.9 Å². The van der Waals surface area contributed by atoms with E-state index in [0.29, 0.717) is 0 Å². The van der Waals surface area contributed by atoms with Gasteiger partial charge in [0.1, 0.15) is 0 Å². The molecule has 2 rings (SSSR count). The number of aromatic nitrogens is 2. The molecule has 0 unspecified atom stereocenters. The van der Waals surface area contributed by atoms with Gasteiger partial charge in [0.2, 0.25) is 5.88 Å². The van der Waals surface area contributed by atoms with Crippen molar-refractivity contribution < 1.29 is 18.8 Å². The lowest BCUT2D eigenvalue weighted by molar-refractivity contribution is -0.385. The van der Waals surface area contributed by atoms with E-state index in [-0.39, 0.29) is 28.9 Å². The number of nitrogens with zero attached hydrogens (tertiary/aromatic N) is 3. The predicted molar refractivity (Wildman–Crippen MR) is 66.4 cm³/mol. The second-order valence-corrected chi connectivity index (χ2v) is 3.81. The monoisotopic (exact) mass is 279 g/mol. The molecule has 1 aromatic carbocycles. The molecule has 0 atom stereocenters. The van der Waals surface area contributed by atoms with Gasteiger partial charge < -0.3 is 9.47 Å². The molecular formula is C12H10FN3O4. The Morgan fingerprint density at radius 3 is 2.80 bits per heavy atom. The summed E-state index contributed by atoms with van der Waals surface area (Å²) < 4.78 is 23.8. The van der Waals surface area contributed by atoms with Crippen molar-refractivity contribution >= 4 is 5.69 Å². The lowest BCUT2D eigenvalue weighted by atomic mass is 10.2. The number of hydrogen-bond acceptors (Lipinski definition) is 6. The Morgan fingerprint density at radius 1 is 1.40 bits per heavy atom. The van der Waals surface area contributed by atoms with Crippen LogP contribution in [0.4, 0.5) is 10.1 Å². The van der Waals surface area contributed by atoms with E-state index in [1.165, 1.54) is 32.4 Å². The van der Waals surface area contributed by atoms with Gasteiger partial charge in [-0.25, -0.2) is 9.37 Å². The maximum atomic E-state index is 13.7. The SMILES string of the molecule is COc1ccnc(Oc2cc(C)c([N+](=O)[O-])cc2F)n1. The molecular weight excluding hydrogens is 269 g/mol. The number of hydrogen-bond donors (Lipinski definition) is 0. The summed E-state index contributed by atoms with van der Waals surface area (Å²) >= 11 is 0. The summed E-state index contributed by atoms with van der Waals surface area (Å²) in [4.78, 5) is 17.7. The van der Waals surface area contributed by atoms with Gasteiger partial charge in [0.05, 0.1) is 18.1 Å². The number of nitro benzene ring substituents is 1. The molecule has 0 N–H and O–H groups in total. The summed E-state index contributed by atoms with van der Waals surface area (Å²) in [5, 5.41) is 10.7. The number of ether oxygens (including phenoxy) is 2. The molecule has 0 radical (unpaired) electrons. The van der Waals surface area contributed by atoms with E-state index in [9.17, 15) is 14.5 Å². The quantitative estimate of drug-likeness (QED) is 0.631. The van der Waals surface area contributed by atoms with E-state index in [0.717, 1.165) is 6.07 Å². The fourth-order valence-corrected chi connectivity index (χ4v) is 1.51. The van der Waals surface area contributed by atoms with Crippen molar-refractivity contribution in [3.05, 3.63) is 45.9 Å². The number of benzene rings is 1. The highest BCUT2D eigenvalue weighted by molar-refractivity contribution is 5.46. The molecule has 8 heteroatoms. The summed E-state index contributed by atoms with van der Waals surface area (Å²) in [6.45, 7) is 1.48. The highest BCUT2D eigenvalue weighted by Crippen LogP contribution is 2.29. The first kappa shape index (κ1) is 13.7. The predicted octanol–water partition coefficient (Wildman–Crippen LogP) is 2.63. The largest absolute Gasteiger partial charge is 0.481 e. The zero-order valence-electron chi connectivity index (χ0n) is 10.7. The van der Waals surface area contributed by atoms with Crippen LogP contribution in [0.25, 0.3) is 0 Å². The Kier molecular flexibility index (Phi) is 3.74. The third-order valence-corrected chi connectivity index (χ3v) is 2.47. The van der Waals surface area contributed by atoms with Gasteiger partial charge in [0.15, 0.2) is 11.6 Å². The van der Waals surface area contributed by atoms with E-state index in [4.69, 9.17) is 9.47 Å². The Bertz CT molecular complexity index is 663. The molecule has 0 aliphatic carbocycles. The number of rotatable bonds is 4. The molecule has 2 aromatic rings. The van der Waals surface area contributed by atoms with Crippen LogP contribution in [0.15, 0.2) is 24.4 Å². The summed E-state index contributed by atoms with van der Waals surface area (Å²) in [6, 6.07) is 3.40. The van der Waals surface area contributed by atoms with Crippen molar-refractivity contribution in [2.24, 2.45) is 0 Å². The zero-order chi connectivity index (χ0) is 14.7. The lowest BCUT2D eigenvalue weighted by Gasteiger charge is -2.07. The minimum atomic E-state index is -0.867. The number of halogens is 1. The first-order valence-corrected chi connectivity index (χ1v) is 5.50. The van der Waals surface area contributed by atoms with Gasteiger partial charge in [-0.2, -0.15) is 4.98 Å². The Hall–Kier alpha value is -2.77. The van der Waals surface area contributed by atoms with E-state index < -0.39 is 10.7 Å². The molecule has 0 fully saturated rings. The molecule has 7 nitrogen and oxygen atoms in total. The molecule has 104 valence electrons. The van der Waals surface area contributed by atoms with E-state index in [2.05, 4.69) is 9.97 Å². The molecule has 0 aliphatic rings. The lowest BCUT2D eigenvalue weighted by Crippen LogP contribution is -1.98. The third kappa shape index (κ3) is 2.79. The van der Waals surface area contributed by atoms with Gasteiger partial charge in [0.25, 0.3) is 5.69 Å². The second kappa shape index (κ2) is 5.47. The van der Waals surface area contributed by atoms with E-state index in [1.54, 1.807) is 0 Å². The number of methoxy groups -OCH3 is 1. The molecule has 0 bridgehead atoms. The smallest absolute Gasteiger partial charge is 0.325 e. The topological polar surface area (TPSA) is 87.4 Å². The third-order valence-electron chi connectivity index (χ3n) is 2.47. The highest BCUT2D eigenvalue weighted by Gasteiger charge is 2.17. The minimum Gasteiger partial charge on any atom is -0.481 e. The summed E-state index contributed by atoms with van der Waals surface area (Å²) in [7, 11) is 1.42. The maximum Gasteiger partial charge on any atom is 0.325 e. The summed E-state index contributed by atoms with van der Waals surface area (Å²) in [5.41, 5.74) is -0.0456. The molecule has 0 amide bonds. The molecule has 0 spiro atoms.